The van der Waals surface area contributed by atoms with Crippen molar-refractivity contribution >= 4 is 52.9 Å². The lowest BCUT2D eigenvalue weighted by atomic mass is 9.82. The van der Waals surface area contributed by atoms with Crippen molar-refractivity contribution in [2.24, 2.45) is 16.8 Å². The quantitative estimate of drug-likeness (QED) is 0.353. The lowest BCUT2D eigenvalue weighted by Gasteiger charge is -2.32. The first-order valence-corrected chi connectivity index (χ1v) is 16.2. The highest BCUT2D eigenvalue weighted by Crippen LogP contribution is 2.39. The second-order valence-electron chi connectivity index (χ2n) is 8.70. The molecule has 4 rings (SSSR count). The van der Waals surface area contributed by atoms with Crippen LogP contribution in [0, 0.1) is 11.8 Å². The van der Waals surface area contributed by atoms with Gasteiger partial charge in [0.1, 0.15) is 11.4 Å². The first-order valence-electron chi connectivity index (χ1n) is 12.8. The van der Waals surface area contributed by atoms with E-state index < -0.39 is 10.0 Å². The standard InChI is InChI=1S/C23H27Cl2N2O3PS.2C2H6/c1-14-8-15(2)10-18(9-14)30-21-5-3-4-20(23-26-6-7-31-23)22(21)27-32(28,29)19-12-16(24)11-17(25)13-19;2*1-2/h3-5,11-15,18,27,31H,6-10H2,1-2H3;2*1-2H3. The zero-order chi connectivity index (χ0) is 26.9. The fraction of sp³-hybridized carbons (Fsp3) is 0.519. The van der Waals surface area contributed by atoms with Gasteiger partial charge in [-0.05, 0) is 61.5 Å². The van der Waals surface area contributed by atoms with E-state index in [9.17, 15) is 8.42 Å². The van der Waals surface area contributed by atoms with Crippen molar-refractivity contribution in [1.29, 1.82) is 0 Å². The van der Waals surface area contributed by atoms with Gasteiger partial charge in [0.05, 0.1) is 16.5 Å². The Bertz CT molecular complexity index is 1110. The second kappa shape index (κ2) is 14.6. The van der Waals surface area contributed by atoms with E-state index in [1.54, 1.807) is 0 Å². The third kappa shape index (κ3) is 8.34. The number of nitrogens with zero attached hydrogens (tertiary/aromatic N) is 1. The highest BCUT2D eigenvalue weighted by Gasteiger charge is 2.28. The molecule has 2 aromatic carbocycles. The van der Waals surface area contributed by atoms with Crippen LogP contribution < -0.4 is 9.46 Å². The van der Waals surface area contributed by atoms with Crippen molar-refractivity contribution < 1.29 is 13.2 Å². The predicted octanol–water partition coefficient (Wildman–Crippen LogP) is 8.49. The summed E-state index contributed by atoms with van der Waals surface area (Å²) in [5.41, 5.74) is 2.12. The zero-order valence-corrected chi connectivity index (χ0v) is 25.4. The molecule has 9 heteroatoms. The number of rotatable bonds is 6. The Morgan fingerprint density at radius 3 is 2.14 bits per heavy atom. The predicted molar refractivity (Wildman–Crippen MR) is 158 cm³/mol. The maximum absolute atomic E-state index is 13.3. The van der Waals surface area contributed by atoms with Gasteiger partial charge in [-0.3, -0.25) is 9.71 Å². The van der Waals surface area contributed by atoms with E-state index in [-0.39, 0.29) is 21.0 Å². The molecule has 0 saturated heterocycles. The van der Waals surface area contributed by atoms with Crippen LogP contribution >= 0.6 is 31.8 Å². The number of halogens is 2. The molecule has 0 radical (unpaired) electrons. The molecule has 1 N–H and O–H groups in total. The summed E-state index contributed by atoms with van der Waals surface area (Å²) in [6.07, 6.45) is 4.11. The first kappa shape index (κ1) is 30.9. The van der Waals surface area contributed by atoms with Crippen molar-refractivity contribution in [3.63, 3.8) is 0 Å². The maximum atomic E-state index is 13.3. The van der Waals surface area contributed by atoms with Gasteiger partial charge in [-0.15, -0.1) is 0 Å². The van der Waals surface area contributed by atoms with E-state index in [0.717, 1.165) is 36.6 Å². The van der Waals surface area contributed by atoms with E-state index in [4.69, 9.17) is 27.9 Å². The number of hydrogen-bond donors (Lipinski definition) is 1. The molecule has 0 amide bonds. The van der Waals surface area contributed by atoms with Gasteiger partial charge in [0.15, 0.2) is 0 Å². The molecule has 1 saturated carbocycles. The number of aliphatic imine (C=N–C) groups is 1. The highest BCUT2D eigenvalue weighted by atomic mass is 35.5. The largest absolute Gasteiger partial charge is 0.488 e. The van der Waals surface area contributed by atoms with Gasteiger partial charge in [-0.25, -0.2) is 8.42 Å². The Morgan fingerprint density at radius 2 is 1.58 bits per heavy atom. The van der Waals surface area contributed by atoms with Gasteiger partial charge in [0.25, 0.3) is 10.0 Å². The molecule has 1 aliphatic heterocycles. The number of anilines is 1. The van der Waals surface area contributed by atoms with E-state index in [1.165, 1.54) is 24.6 Å². The second-order valence-corrected chi connectivity index (χ2v) is 12.6. The molecule has 36 heavy (non-hydrogen) atoms. The number of hydrogen-bond acceptors (Lipinski definition) is 4. The van der Waals surface area contributed by atoms with Crippen LogP contribution in [0.5, 0.6) is 5.75 Å². The minimum atomic E-state index is -3.95. The Morgan fingerprint density at radius 1 is 0.972 bits per heavy atom. The number of ether oxygens (including phenoxy) is 1. The van der Waals surface area contributed by atoms with Gasteiger partial charge in [0, 0.05) is 22.2 Å². The fourth-order valence-corrected chi connectivity index (χ4v) is 7.44. The summed E-state index contributed by atoms with van der Waals surface area (Å²) in [5.74, 6) is 1.67. The highest BCUT2D eigenvalue weighted by molar-refractivity contribution is 7.92. The van der Waals surface area contributed by atoms with Crippen LogP contribution in [0.15, 0.2) is 46.3 Å². The minimum absolute atomic E-state index is 0.00599. The monoisotopic (exact) mass is 572 g/mol. The molecule has 0 bridgehead atoms. The van der Waals surface area contributed by atoms with Crippen LogP contribution in [-0.2, 0) is 10.0 Å². The van der Waals surface area contributed by atoms with Crippen LogP contribution in [-0.4, -0.2) is 32.7 Å². The maximum Gasteiger partial charge on any atom is 0.262 e. The smallest absolute Gasteiger partial charge is 0.262 e. The average Bonchev–Trinajstić information content (AvgIpc) is 3.36. The topological polar surface area (TPSA) is 67.8 Å². The molecule has 1 heterocycles. The van der Waals surface area contributed by atoms with Crippen molar-refractivity contribution in [3.05, 3.63) is 52.0 Å². The summed E-state index contributed by atoms with van der Waals surface area (Å²) in [7, 11) is -3.41. The van der Waals surface area contributed by atoms with E-state index in [0.29, 0.717) is 31.9 Å². The molecule has 2 aliphatic rings. The lowest BCUT2D eigenvalue weighted by Crippen LogP contribution is -2.29. The minimum Gasteiger partial charge on any atom is -0.488 e. The Labute approximate surface area is 229 Å². The summed E-state index contributed by atoms with van der Waals surface area (Å²) in [5, 5.41) is 0.518. The van der Waals surface area contributed by atoms with Crippen LogP contribution in [0.4, 0.5) is 5.69 Å². The fourth-order valence-electron chi connectivity index (χ4n) is 4.54. The number of benzene rings is 2. The summed E-state index contributed by atoms with van der Waals surface area (Å²) in [6, 6.07) is 9.91. The van der Waals surface area contributed by atoms with E-state index in [2.05, 4.69) is 23.6 Å². The third-order valence-electron chi connectivity index (χ3n) is 5.77. The molecule has 1 fully saturated rings. The normalized spacial score (nSPS) is 22.0. The summed E-state index contributed by atoms with van der Waals surface area (Å²) in [6.45, 7) is 13.2. The average molecular weight is 574 g/mol. The Kier molecular flexibility index (Phi) is 12.5. The summed E-state index contributed by atoms with van der Waals surface area (Å²) < 4.78 is 35.8. The number of sulfonamides is 1. The molecular weight excluding hydrogens is 534 g/mol. The Hall–Kier alpha value is -1.33. The van der Waals surface area contributed by atoms with Gasteiger partial charge in [-0.2, -0.15) is 0 Å². The molecule has 200 valence electrons. The molecule has 0 spiro atoms. The van der Waals surface area contributed by atoms with Crippen LogP contribution in [0.25, 0.3) is 0 Å². The molecule has 1 aliphatic carbocycles. The third-order valence-corrected chi connectivity index (χ3v) is 8.77. The molecule has 2 aromatic rings. The lowest BCUT2D eigenvalue weighted by molar-refractivity contribution is 0.102. The van der Waals surface area contributed by atoms with Crippen LogP contribution in [0.2, 0.25) is 10.0 Å². The SMILES string of the molecule is CC.CC.CC1CC(C)CC(Oc2cccc(C3=NCCP3)c2NS(=O)(=O)c2cc(Cl)cc(Cl)c2)C1. The van der Waals surface area contributed by atoms with Crippen molar-refractivity contribution in [2.45, 2.75) is 71.8 Å². The number of para-hydroxylation sites is 1. The van der Waals surface area contributed by atoms with Crippen molar-refractivity contribution in [2.75, 3.05) is 17.4 Å². The van der Waals surface area contributed by atoms with Gasteiger partial charge >= 0.3 is 0 Å². The van der Waals surface area contributed by atoms with Gasteiger partial charge in [-0.1, -0.05) is 85.5 Å². The molecule has 3 unspecified atom stereocenters. The molecule has 0 aromatic heterocycles. The van der Waals surface area contributed by atoms with Gasteiger partial charge < -0.3 is 4.74 Å². The Balaban J connectivity index is 0.00000109. The van der Waals surface area contributed by atoms with Crippen molar-refractivity contribution in [3.8, 4) is 5.75 Å². The molecular formula is C27H39Cl2N2O3PS. The first-order chi connectivity index (χ1) is 17.2. The van der Waals surface area contributed by atoms with Crippen LogP contribution in [0.1, 0.15) is 66.4 Å². The van der Waals surface area contributed by atoms with E-state index >= 15 is 0 Å². The van der Waals surface area contributed by atoms with Gasteiger partial charge in [0.2, 0.25) is 0 Å². The summed E-state index contributed by atoms with van der Waals surface area (Å²) in [4.78, 5) is 4.61. The summed E-state index contributed by atoms with van der Waals surface area (Å²) >= 11 is 12.1. The van der Waals surface area contributed by atoms with E-state index in [1.807, 2.05) is 45.9 Å². The molecule has 5 nitrogen and oxygen atoms in total. The van der Waals surface area contributed by atoms with Crippen LogP contribution in [0.3, 0.4) is 0 Å². The number of nitrogens with one attached hydrogen (secondary N) is 1. The molecule has 3 atom stereocenters. The van der Waals surface area contributed by atoms with Crippen molar-refractivity contribution in [1.82, 2.24) is 0 Å². The zero-order valence-electron chi connectivity index (χ0n) is 22.1.